The van der Waals surface area contributed by atoms with Gasteiger partial charge in [0.05, 0.1) is 0 Å². The SMILES string of the molecule is CCCCCCC(C)P(=O)(O)CC(CC)CCCC.[Mo]. The molecule has 0 spiro atoms. The van der Waals surface area contributed by atoms with Gasteiger partial charge in [0.25, 0.3) is 0 Å². The van der Waals surface area contributed by atoms with Crippen LogP contribution >= 0.6 is 7.37 Å². The average Bonchev–Trinajstić information content (AvgIpc) is 2.39. The molecule has 0 saturated carbocycles. The van der Waals surface area contributed by atoms with Gasteiger partial charge in [-0.2, -0.15) is 0 Å². The van der Waals surface area contributed by atoms with Gasteiger partial charge in [-0.15, -0.1) is 0 Å². The van der Waals surface area contributed by atoms with Crippen LogP contribution in [0.3, 0.4) is 0 Å². The van der Waals surface area contributed by atoms with Crippen molar-refractivity contribution in [2.45, 2.75) is 91.1 Å². The maximum absolute atomic E-state index is 12.5. The Hall–Kier alpha value is 0.878. The molecule has 0 amide bonds. The summed E-state index contributed by atoms with van der Waals surface area (Å²) >= 11 is 0. The van der Waals surface area contributed by atoms with E-state index in [-0.39, 0.29) is 26.7 Å². The van der Waals surface area contributed by atoms with Gasteiger partial charge in [-0.3, -0.25) is 4.57 Å². The maximum atomic E-state index is 12.5. The van der Waals surface area contributed by atoms with Crippen LogP contribution in [-0.2, 0) is 25.6 Å². The van der Waals surface area contributed by atoms with Crippen molar-refractivity contribution in [1.29, 1.82) is 0 Å². The van der Waals surface area contributed by atoms with E-state index in [2.05, 4.69) is 20.8 Å². The van der Waals surface area contributed by atoms with Crippen LogP contribution in [0, 0.1) is 5.92 Å². The van der Waals surface area contributed by atoms with Gasteiger partial charge in [-0.05, 0) is 18.8 Å². The summed E-state index contributed by atoms with van der Waals surface area (Å²) in [5.41, 5.74) is -0.0139. The molecule has 1 N–H and O–H groups in total. The molecule has 0 aromatic heterocycles. The van der Waals surface area contributed by atoms with Crippen molar-refractivity contribution >= 4 is 7.37 Å². The number of rotatable bonds is 12. The summed E-state index contributed by atoms with van der Waals surface area (Å²) in [6.45, 7) is 8.49. The second kappa shape index (κ2) is 13.5. The topological polar surface area (TPSA) is 37.3 Å². The predicted molar refractivity (Wildman–Crippen MR) is 86.2 cm³/mol. The molecule has 0 aromatic rings. The smallest absolute Gasteiger partial charge is 0.203 e. The van der Waals surface area contributed by atoms with Crippen LogP contribution in [0.2, 0.25) is 0 Å². The van der Waals surface area contributed by atoms with Gasteiger partial charge < -0.3 is 4.89 Å². The first-order chi connectivity index (χ1) is 8.97. The van der Waals surface area contributed by atoms with Crippen molar-refractivity contribution in [3.05, 3.63) is 0 Å². The molecule has 0 fully saturated rings. The third kappa shape index (κ3) is 10.6. The van der Waals surface area contributed by atoms with Crippen molar-refractivity contribution in [1.82, 2.24) is 0 Å². The van der Waals surface area contributed by atoms with E-state index < -0.39 is 7.37 Å². The van der Waals surface area contributed by atoms with Gasteiger partial charge in [-0.1, -0.05) is 72.6 Å². The fraction of sp³-hybridized carbons (Fsp3) is 1.00. The minimum absolute atomic E-state index is 0. The van der Waals surface area contributed by atoms with E-state index in [4.69, 9.17) is 0 Å². The second-order valence-electron chi connectivity index (χ2n) is 6.05. The van der Waals surface area contributed by atoms with E-state index in [1.165, 1.54) is 32.1 Å². The van der Waals surface area contributed by atoms with E-state index >= 15 is 0 Å². The van der Waals surface area contributed by atoms with E-state index in [0.717, 1.165) is 25.7 Å². The molecule has 2 nitrogen and oxygen atoms in total. The summed E-state index contributed by atoms with van der Waals surface area (Å²) in [5.74, 6) is 0.439. The molecule has 0 rings (SSSR count). The van der Waals surface area contributed by atoms with Gasteiger partial charge in [-0.25, -0.2) is 0 Å². The van der Waals surface area contributed by atoms with Crippen molar-refractivity contribution in [3.8, 4) is 0 Å². The first-order valence-electron chi connectivity index (χ1n) is 8.29. The van der Waals surface area contributed by atoms with E-state index in [1.807, 2.05) is 6.92 Å². The van der Waals surface area contributed by atoms with Gasteiger partial charge in [0.2, 0.25) is 7.37 Å². The van der Waals surface area contributed by atoms with Crippen LogP contribution in [0.1, 0.15) is 85.5 Å². The van der Waals surface area contributed by atoms with Crippen molar-refractivity contribution in [2.24, 2.45) is 5.92 Å². The summed E-state index contributed by atoms with van der Waals surface area (Å²) in [4.78, 5) is 10.3. The summed E-state index contributed by atoms with van der Waals surface area (Å²) in [6.07, 6.45) is 10.7. The molecular weight excluding hydrogens is 351 g/mol. The third-order valence-corrected chi connectivity index (χ3v) is 6.90. The average molecular weight is 386 g/mol. The summed E-state index contributed by atoms with van der Waals surface area (Å²) in [6, 6.07) is 0. The Morgan fingerprint density at radius 1 is 0.950 bits per heavy atom. The van der Waals surface area contributed by atoms with Gasteiger partial charge in [0, 0.05) is 32.9 Å². The number of hydrogen-bond acceptors (Lipinski definition) is 1. The van der Waals surface area contributed by atoms with Gasteiger partial charge in [0.1, 0.15) is 0 Å². The van der Waals surface area contributed by atoms with Gasteiger partial charge >= 0.3 is 0 Å². The molecule has 4 heteroatoms. The van der Waals surface area contributed by atoms with Crippen LogP contribution < -0.4 is 0 Å². The molecule has 0 aliphatic heterocycles. The molecule has 0 aliphatic rings. The normalized spacial score (nSPS) is 17.1. The Balaban J connectivity index is 0. The zero-order valence-corrected chi connectivity index (χ0v) is 16.8. The van der Waals surface area contributed by atoms with E-state index in [1.54, 1.807) is 0 Å². The molecule has 20 heavy (non-hydrogen) atoms. The van der Waals surface area contributed by atoms with Crippen molar-refractivity contribution in [3.63, 3.8) is 0 Å². The van der Waals surface area contributed by atoms with Crippen molar-refractivity contribution < 1.29 is 30.5 Å². The summed E-state index contributed by atoms with van der Waals surface area (Å²) in [5, 5.41) is 0. The maximum Gasteiger partial charge on any atom is 0.203 e. The second-order valence-corrected chi connectivity index (χ2v) is 8.81. The molecule has 0 saturated heterocycles. The molecular formula is C16H35MoO2P. The molecule has 3 atom stereocenters. The Morgan fingerprint density at radius 2 is 1.55 bits per heavy atom. The quantitative estimate of drug-likeness (QED) is 0.260. The summed E-state index contributed by atoms with van der Waals surface area (Å²) in [7, 11) is -2.95. The molecule has 122 valence electrons. The number of hydrogen-bond donors (Lipinski definition) is 1. The molecule has 0 aromatic carbocycles. The third-order valence-electron chi connectivity index (χ3n) is 4.23. The zero-order valence-electron chi connectivity index (χ0n) is 13.9. The van der Waals surface area contributed by atoms with Crippen LogP contribution in [0.4, 0.5) is 0 Å². The molecule has 0 heterocycles. The molecule has 0 radical (unpaired) electrons. The van der Waals surface area contributed by atoms with E-state index in [9.17, 15) is 9.46 Å². The number of unbranched alkanes of at least 4 members (excludes halogenated alkanes) is 4. The first kappa shape index (κ1) is 23.1. The minimum atomic E-state index is -2.95. The Bertz CT molecular complexity index is 259. The zero-order chi connectivity index (χ0) is 14.7. The van der Waals surface area contributed by atoms with E-state index in [0.29, 0.717) is 12.1 Å². The largest absolute Gasteiger partial charge is 0.344 e. The molecule has 3 unspecified atom stereocenters. The van der Waals surface area contributed by atoms with Crippen LogP contribution in [0.5, 0.6) is 0 Å². The Morgan fingerprint density at radius 3 is 2.05 bits per heavy atom. The van der Waals surface area contributed by atoms with Crippen LogP contribution in [0.25, 0.3) is 0 Å². The fourth-order valence-corrected chi connectivity index (χ4v) is 4.66. The Labute approximate surface area is 141 Å². The standard InChI is InChI=1S/C16H35O2P.Mo/c1-5-8-10-11-12-15(4)19(17,18)14-16(7-3)13-9-6-2;/h15-16H,5-14H2,1-4H3,(H,17,18);. The van der Waals surface area contributed by atoms with Crippen molar-refractivity contribution in [2.75, 3.05) is 6.16 Å². The molecule has 0 aliphatic carbocycles. The molecule has 0 bridgehead atoms. The van der Waals surface area contributed by atoms with Crippen LogP contribution in [-0.4, -0.2) is 16.7 Å². The predicted octanol–water partition coefficient (Wildman–Crippen LogP) is 5.83. The minimum Gasteiger partial charge on any atom is -0.344 e. The fourth-order valence-electron chi connectivity index (χ4n) is 2.54. The summed E-state index contributed by atoms with van der Waals surface area (Å²) < 4.78 is 12.5. The Kier molecular flexibility index (Phi) is 15.7. The monoisotopic (exact) mass is 388 g/mol. The van der Waals surface area contributed by atoms with Crippen LogP contribution in [0.15, 0.2) is 0 Å². The first-order valence-corrected chi connectivity index (χ1v) is 10.2. The van der Waals surface area contributed by atoms with Gasteiger partial charge in [0.15, 0.2) is 0 Å².